The number of anilines is 2. The molecule has 37 heavy (non-hydrogen) atoms. The molecule has 176 valence electrons. The molecule has 6 nitrogen and oxygen atoms in total. The van der Waals surface area contributed by atoms with E-state index in [1.807, 2.05) is 34.8 Å². The van der Waals surface area contributed by atoms with Crippen LogP contribution in [0.2, 0.25) is 0 Å². The smallest absolute Gasteiger partial charge is 0.164 e. The minimum absolute atomic E-state index is 0.0231. The van der Waals surface area contributed by atoms with Crippen LogP contribution in [0.1, 0.15) is 5.56 Å². The van der Waals surface area contributed by atoms with E-state index in [9.17, 15) is 0 Å². The van der Waals surface area contributed by atoms with Crippen LogP contribution in [-0.4, -0.2) is 26.5 Å². The van der Waals surface area contributed by atoms with E-state index in [0.29, 0.717) is 0 Å². The Bertz CT molecular complexity index is 1870. The van der Waals surface area contributed by atoms with E-state index in [4.69, 9.17) is 15.2 Å². The predicted molar refractivity (Wildman–Crippen MR) is 148 cm³/mol. The Labute approximate surface area is 213 Å². The zero-order valence-corrected chi connectivity index (χ0v) is 19.9. The molecule has 2 aliphatic heterocycles. The van der Waals surface area contributed by atoms with Crippen molar-refractivity contribution in [2.45, 2.75) is 6.17 Å². The highest BCUT2D eigenvalue weighted by atomic mass is 15.6. The minimum atomic E-state index is -0.0319. The standard InChI is InChI=1S/C31H22N6/c1-3-11-20(12-4-1)28-22(30-32-24-15-7-9-17-26(24)36(30)34-28)19-23-29(21-13-5-2-6-14-21)35-37-27-18-10-8-16-25(27)33-31(23)37/h1-19,22,30,32H/b23-19-/t22-,30-/m0/s1. The van der Waals surface area contributed by atoms with E-state index in [0.717, 1.165) is 55.8 Å². The Morgan fingerprint density at radius 2 is 1.43 bits per heavy atom. The highest BCUT2D eigenvalue weighted by Gasteiger charge is 2.42. The van der Waals surface area contributed by atoms with Crippen molar-refractivity contribution in [1.29, 1.82) is 0 Å². The predicted octanol–water partition coefficient (Wildman–Crippen LogP) is 5.34. The molecule has 6 aromatic rings. The first-order valence-corrected chi connectivity index (χ1v) is 12.5. The molecular weight excluding hydrogens is 456 g/mol. The first-order valence-electron chi connectivity index (χ1n) is 12.5. The normalized spacial score (nSPS) is 18.8. The zero-order valence-electron chi connectivity index (χ0n) is 19.9. The molecule has 4 aromatic carbocycles. The number of aromatic nitrogens is 3. The molecule has 8 rings (SSSR count). The van der Waals surface area contributed by atoms with E-state index in [-0.39, 0.29) is 12.1 Å². The molecule has 0 saturated carbocycles. The monoisotopic (exact) mass is 478 g/mol. The van der Waals surface area contributed by atoms with Crippen LogP contribution in [0.3, 0.4) is 0 Å². The van der Waals surface area contributed by atoms with Gasteiger partial charge in [-0.25, -0.2) is 14.5 Å². The highest BCUT2D eigenvalue weighted by molar-refractivity contribution is 6.09. The summed E-state index contributed by atoms with van der Waals surface area (Å²) in [6.45, 7) is 0. The molecule has 2 atom stereocenters. The van der Waals surface area contributed by atoms with Crippen molar-refractivity contribution in [2.24, 2.45) is 11.0 Å². The Kier molecular flexibility index (Phi) is 4.25. The molecule has 0 radical (unpaired) electrons. The molecule has 2 aliphatic rings. The molecule has 0 bridgehead atoms. The molecule has 0 fully saturated rings. The van der Waals surface area contributed by atoms with E-state index >= 15 is 0 Å². The summed E-state index contributed by atoms with van der Waals surface area (Å²) in [5, 5.41) is 17.1. The second kappa shape index (κ2) is 7.77. The second-order valence-electron chi connectivity index (χ2n) is 9.46. The third kappa shape index (κ3) is 3.02. The number of hydrazone groups is 1. The van der Waals surface area contributed by atoms with Crippen LogP contribution in [0.4, 0.5) is 11.4 Å². The fraction of sp³-hybridized carbons (Fsp3) is 0.0645. The van der Waals surface area contributed by atoms with E-state index in [1.54, 1.807) is 0 Å². The van der Waals surface area contributed by atoms with Gasteiger partial charge in [0.15, 0.2) is 5.65 Å². The summed E-state index contributed by atoms with van der Waals surface area (Å²) < 4.78 is 1.98. The van der Waals surface area contributed by atoms with Crippen molar-refractivity contribution in [2.75, 3.05) is 10.3 Å². The Balaban J connectivity index is 1.39. The first kappa shape index (κ1) is 20.2. The van der Waals surface area contributed by atoms with Crippen LogP contribution < -0.4 is 15.5 Å². The number of nitrogens with zero attached hydrogens (tertiary/aromatic N) is 5. The van der Waals surface area contributed by atoms with Crippen LogP contribution in [0.25, 0.3) is 34.0 Å². The average molecular weight is 479 g/mol. The minimum Gasteiger partial charge on any atom is -0.361 e. The van der Waals surface area contributed by atoms with Crippen molar-refractivity contribution < 1.29 is 0 Å². The molecule has 0 spiro atoms. The number of hydrogen-bond acceptors (Lipinski definition) is 5. The molecule has 0 amide bonds. The van der Waals surface area contributed by atoms with Gasteiger partial charge in [-0.1, -0.05) is 91.0 Å². The molecule has 6 heteroatoms. The summed E-state index contributed by atoms with van der Waals surface area (Å²) in [6, 6.07) is 37.3. The Hall–Kier alpha value is -4.97. The topological polar surface area (TPSA) is 57.8 Å². The fourth-order valence-electron chi connectivity index (χ4n) is 5.58. The molecular formula is C31H22N6. The number of hydrogen-bond donors (Lipinski definition) is 1. The second-order valence-corrected chi connectivity index (χ2v) is 9.46. The van der Waals surface area contributed by atoms with Crippen LogP contribution in [0.15, 0.2) is 114 Å². The van der Waals surface area contributed by atoms with Crippen LogP contribution in [0.5, 0.6) is 0 Å². The lowest BCUT2D eigenvalue weighted by Crippen LogP contribution is -2.35. The van der Waals surface area contributed by atoms with Crippen molar-refractivity contribution in [3.8, 4) is 11.3 Å². The van der Waals surface area contributed by atoms with Gasteiger partial charge in [-0.3, -0.25) is 0 Å². The summed E-state index contributed by atoms with van der Waals surface area (Å²) >= 11 is 0. The van der Waals surface area contributed by atoms with Gasteiger partial charge >= 0.3 is 0 Å². The van der Waals surface area contributed by atoms with Crippen LogP contribution >= 0.6 is 0 Å². The first-order chi connectivity index (χ1) is 18.3. The van der Waals surface area contributed by atoms with E-state index < -0.39 is 0 Å². The maximum atomic E-state index is 5.16. The lowest BCUT2D eigenvalue weighted by Gasteiger charge is -2.19. The van der Waals surface area contributed by atoms with Gasteiger partial charge in [-0.05, 0) is 29.8 Å². The SMILES string of the molecule is C(=c1\c(-c2ccccc2)nn2c1nc1ccccc12)/[C@H]1C(c2ccccc2)=NN2c3ccccc3N[C@H]12. The molecule has 0 saturated heterocycles. The summed E-state index contributed by atoms with van der Waals surface area (Å²) in [5.74, 6) is -0.0231. The summed E-state index contributed by atoms with van der Waals surface area (Å²) in [7, 11) is 0. The average Bonchev–Trinajstić information content (AvgIpc) is 3.69. The van der Waals surface area contributed by atoms with Crippen LogP contribution in [-0.2, 0) is 0 Å². The molecule has 4 heterocycles. The number of nitrogens with one attached hydrogen (secondary N) is 1. The number of rotatable bonds is 3. The van der Waals surface area contributed by atoms with Crippen molar-refractivity contribution in [1.82, 2.24) is 14.6 Å². The lowest BCUT2D eigenvalue weighted by atomic mass is 9.93. The largest absolute Gasteiger partial charge is 0.361 e. The fourth-order valence-corrected chi connectivity index (χ4v) is 5.58. The number of imidazole rings is 1. The van der Waals surface area contributed by atoms with Gasteiger partial charge in [0.25, 0.3) is 0 Å². The lowest BCUT2D eigenvalue weighted by molar-refractivity contribution is 0.704. The quantitative estimate of drug-likeness (QED) is 0.373. The van der Waals surface area contributed by atoms with E-state index in [2.05, 4.69) is 95.3 Å². The van der Waals surface area contributed by atoms with Gasteiger partial charge in [0.05, 0.1) is 34.0 Å². The van der Waals surface area contributed by atoms with Crippen molar-refractivity contribution in [3.63, 3.8) is 0 Å². The third-order valence-electron chi connectivity index (χ3n) is 7.29. The van der Waals surface area contributed by atoms with E-state index in [1.165, 1.54) is 0 Å². The summed E-state index contributed by atoms with van der Waals surface area (Å²) in [6.07, 6.45) is 2.28. The van der Waals surface area contributed by atoms with Crippen molar-refractivity contribution >= 4 is 39.8 Å². The number of benzene rings is 4. The van der Waals surface area contributed by atoms with Gasteiger partial charge in [-0.15, -0.1) is 0 Å². The number of para-hydroxylation sites is 4. The van der Waals surface area contributed by atoms with Gasteiger partial charge in [0, 0.05) is 10.8 Å². The zero-order chi connectivity index (χ0) is 24.3. The van der Waals surface area contributed by atoms with Crippen molar-refractivity contribution in [3.05, 3.63) is 120 Å². The van der Waals surface area contributed by atoms with Gasteiger partial charge in [-0.2, -0.15) is 10.2 Å². The molecule has 0 unspecified atom stereocenters. The van der Waals surface area contributed by atoms with Gasteiger partial charge < -0.3 is 5.32 Å². The third-order valence-corrected chi connectivity index (χ3v) is 7.29. The Morgan fingerprint density at radius 1 is 0.730 bits per heavy atom. The summed E-state index contributed by atoms with van der Waals surface area (Å²) in [5.41, 5.74) is 9.14. The molecule has 2 aromatic heterocycles. The summed E-state index contributed by atoms with van der Waals surface area (Å²) in [4.78, 5) is 5.02. The van der Waals surface area contributed by atoms with Crippen LogP contribution in [0, 0.1) is 5.92 Å². The maximum absolute atomic E-state index is 5.16. The Morgan fingerprint density at radius 3 is 2.27 bits per heavy atom. The van der Waals surface area contributed by atoms with Gasteiger partial charge in [0.2, 0.25) is 0 Å². The maximum Gasteiger partial charge on any atom is 0.164 e. The van der Waals surface area contributed by atoms with Gasteiger partial charge in [0.1, 0.15) is 11.9 Å². The molecule has 1 N–H and O–H groups in total. The molecule has 0 aliphatic carbocycles. The highest BCUT2D eigenvalue weighted by Crippen LogP contribution is 2.42. The number of fused-ring (bicyclic) bond motifs is 6.